The minimum atomic E-state index is -0.530. The summed E-state index contributed by atoms with van der Waals surface area (Å²) in [6.45, 7) is 4.80. The molecule has 0 atom stereocenters. The molecule has 3 aromatic rings. The van der Waals surface area contributed by atoms with Crippen molar-refractivity contribution in [2.45, 2.75) is 6.54 Å². The predicted molar refractivity (Wildman–Crippen MR) is 157 cm³/mol. The Bertz CT molecular complexity index is 1520. The minimum absolute atomic E-state index is 0.145. The van der Waals surface area contributed by atoms with E-state index in [0.29, 0.717) is 75.8 Å². The Kier molecular flexibility index (Phi) is 8.44. The summed E-state index contributed by atoms with van der Waals surface area (Å²) in [5.74, 6) is 1.00. The second-order valence-corrected chi connectivity index (χ2v) is 10.7. The summed E-state index contributed by atoms with van der Waals surface area (Å²) in [6.07, 6.45) is 1.60. The van der Waals surface area contributed by atoms with Crippen LogP contribution in [0.3, 0.4) is 0 Å². The first-order chi connectivity index (χ1) is 20.9. The fourth-order valence-electron chi connectivity index (χ4n) is 4.71. The fourth-order valence-corrected chi connectivity index (χ4v) is 5.55. The zero-order valence-corrected chi connectivity index (χ0v) is 23.8. The van der Waals surface area contributed by atoms with Crippen molar-refractivity contribution in [1.29, 1.82) is 0 Å². The van der Waals surface area contributed by atoms with E-state index in [1.54, 1.807) is 36.4 Å². The molecule has 0 N–H and O–H groups in total. The Morgan fingerprint density at radius 3 is 2.09 bits per heavy atom. The van der Waals surface area contributed by atoms with Crippen LogP contribution >= 0.6 is 11.8 Å². The zero-order valence-electron chi connectivity index (χ0n) is 23.0. The van der Waals surface area contributed by atoms with Crippen LogP contribution in [0.5, 0.6) is 11.8 Å². The number of imide groups is 1. The number of anilines is 2. The Morgan fingerprint density at radius 2 is 1.49 bits per heavy atom. The molecule has 3 aliphatic rings. The summed E-state index contributed by atoms with van der Waals surface area (Å²) in [7, 11) is 0. The zero-order chi connectivity index (χ0) is 29.8. The molecule has 43 heavy (non-hydrogen) atoms. The van der Waals surface area contributed by atoms with Crippen molar-refractivity contribution in [3.8, 4) is 11.8 Å². The van der Waals surface area contributed by atoms with E-state index in [0.717, 1.165) is 16.7 Å². The van der Waals surface area contributed by atoms with Crippen LogP contribution < -0.4 is 14.5 Å². The Morgan fingerprint density at radius 1 is 0.884 bits per heavy atom. The maximum Gasteiger partial charge on any atom is 0.328 e. The molecule has 0 saturated carbocycles. The minimum Gasteiger partial charge on any atom is -0.424 e. The highest BCUT2D eigenvalue weighted by Gasteiger charge is 2.36. The Balaban J connectivity index is 1.17. The summed E-state index contributed by atoms with van der Waals surface area (Å²) in [5, 5.41) is 10.9. The third-order valence-corrected chi connectivity index (χ3v) is 7.86. The summed E-state index contributed by atoms with van der Waals surface area (Å²) >= 11 is 0.791. The molecular formula is C28H27N7O7S. The van der Waals surface area contributed by atoms with Crippen molar-refractivity contribution in [1.82, 2.24) is 19.9 Å². The van der Waals surface area contributed by atoms with Gasteiger partial charge in [-0.15, -0.1) is 0 Å². The van der Waals surface area contributed by atoms with Crippen LogP contribution in [0.25, 0.3) is 6.08 Å². The van der Waals surface area contributed by atoms with Gasteiger partial charge in [0.2, 0.25) is 11.9 Å². The average Bonchev–Trinajstić information content (AvgIpc) is 3.30. The van der Waals surface area contributed by atoms with Crippen LogP contribution in [-0.2, 0) is 20.8 Å². The van der Waals surface area contributed by atoms with Gasteiger partial charge >= 0.3 is 6.01 Å². The van der Waals surface area contributed by atoms with Crippen molar-refractivity contribution < 1.29 is 28.7 Å². The summed E-state index contributed by atoms with van der Waals surface area (Å²) in [5.41, 5.74) is 0.806. The molecule has 0 aliphatic carbocycles. The van der Waals surface area contributed by atoms with Gasteiger partial charge in [0, 0.05) is 37.8 Å². The number of benzene rings is 2. The normalized spacial score (nSPS) is 18.4. The quantitative estimate of drug-likeness (QED) is 0.209. The summed E-state index contributed by atoms with van der Waals surface area (Å²) in [6, 6.07) is 13.1. The van der Waals surface area contributed by atoms with Gasteiger partial charge in [-0.25, -0.2) is 0 Å². The maximum absolute atomic E-state index is 13.0. The number of thioether (sulfide) groups is 1. The number of hydrogen-bond donors (Lipinski definition) is 0. The van der Waals surface area contributed by atoms with E-state index in [1.807, 2.05) is 9.80 Å². The van der Waals surface area contributed by atoms with Crippen LogP contribution in [0.4, 0.5) is 22.4 Å². The predicted octanol–water partition coefficient (Wildman–Crippen LogP) is 3.48. The van der Waals surface area contributed by atoms with Gasteiger partial charge in [0.05, 0.1) is 42.8 Å². The standard InChI is InChI=1S/C28H27N7O7S/c36-24-23(43-28(37)34(24)18-20-3-1-2-4-22(20)35(38)39)17-19-5-7-21(8-6-19)42-27-30-25(32-9-13-40-14-10-32)29-26(31-27)33-11-15-41-16-12-33/h1-8,17H,9-16,18H2/b23-17-. The molecule has 3 fully saturated rings. The first-order valence-electron chi connectivity index (χ1n) is 13.6. The van der Waals surface area contributed by atoms with Crippen molar-refractivity contribution in [2.24, 2.45) is 0 Å². The molecular weight excluding hydrogens is 578 g/mol. The lowest BCUT2D eigenvalue weighted by atomic mass is 10.1. The number of carbonyl (C=O) groups is 2. The van der Waals surface area contributed by atoms with Gasteiger partial charge in [-0.1, -0.05) is 30.3 Å². The highest BCUT2D eigenvalue weighted by Crippen LogP contribution is 2.35. The molecule has 2 aromatic carbocycles. The van der Waals surface area contributed by atoms with Gasteiger partial charge in [-0.2, -0.15) is 15.0 Å². The third-order valence-electron chi connectivity index (χ3n) is 6.96. The molecule has 0 spiro atoms. The van der Waals surface area contributed by atoms with Gasteiger partial charge in [-0.05, 0) is 35.5 Å². The Hall–Kier alpha value is -4.60. The van der Waals surface area contributed by atoms with Crippen molar-refractivity contribution in [3.63, 3.8) is 0 Å². The van der Waals surface area contributed by atoms with E-state index in [4.69, 9.17) is 14.2 Å². The number of rotatable bonds is 8. The van der Waals surface area contributed by atoms with E-state index in [1.165, 1.54) is 18.2 Å². The molecule has 15 heteroatoms. The molecule has 2 amide bonds. The molecule has 0 radical (unpaired) electrons. The Labute approximate surface area is 250 Å². The van der Waals surface area contributed by atoms with Crippen LogP contribution in [0.2, 0.25) is 0 Å². The van der Waals surface area contributed by atoms with Crippen molar-refractivity contribution in [2.75, 3.05) is 62.4 Å². The fraction of sp³-hybridized carbons (Fsp3) is 0.321. The lowest BCUT2D eigenvalue weighted by molar-refractivity contribution is -0.385. The SMILES string of the molecule is O=C1S/C(=C\c2ccc(Oc3nc(N4CCOCC4)nc(N4CCOCC4)n3)cc2)C(=O)N1Cc1ccccc1[N+](=O)[O-]. The number of aromatic nitrogens is 3. The van der Waals surface area contributed by atoms with Gasteiger partial charge in [0.25, 0.3) is 16.8 Å². The van der Waals surface area contributed by atoms with E-state index in [9.17, 15) is 19.7 Å². The number of para-hydroxylation sites is 1. The second-order valence-electron chi connectivity index (χ2n) is 9.74. The molecule has 3 aliphatic heterocycles. The number of ether oxygens (including phenoxy) is 3. The molecule has 0 unspecified atom stereocenters. The lowest BCUT2D eigenvalue weighted by Gasteiger charge is -2.30. The number of nitrogens with zero attached hydrogens (tertiary/aromatic N) is 7. The highest BCUT2D eigenvalue weighted by molar-refractivity contribution is 8.18. The van der Waals surface area contributed by atoms with Gasteiger partial charge in [-0.3, -0.25) is 24.6 Å². The van der Waals surface area contributed by atoms with Crippen LogP contribution in [0.1, 0.15) is 11.1 Å². The topological polar surface area (TPSA) is 153 Å². The smallest absolute Gasteiger partial charge is 0.328 e. The molecule has 4 heterocycles. The number of nitro benzene ring substituents is 1. The van der Waals surface area contributed by atoms with Gasteiger partial charge in [0.1, 0.15) is 5.75 Å². The van der Waals surface area contributed by atoms with Crippen LogP contribution in [0, 0.1) is 10.1 Å². The molecule has 222 valence electrons. The average molecular weight is 606 g/mol. The monoisotopic (exact) mass is 605 g/mol. The van der Waals surface area contributed by atoms with Crippen molar-refractivity contribution >= 4 is 46.6 Å². The molecule has 3 saturated heterocycles. The number of nitro groups is 1. The second kappa shape index (κ2) is 12.7. The number of carbonyl (C=O) groups excluding carboxylic acids is 2. The first-order valence-corrected chi connectivity index (χ1v) is 14.4. The van der Waals surface area contributed by atoms with Crippen molar-refractivity contribution in [3.05, 3.63) is 74.7 Å². The van der Waals surface area contributed by atoms with E-state index in [-0.39, 0.29) is 28.7 Å². The summed E-state index contributed by atoms with van der Waals surface area (Å²) < 4.78 is 17.0. The maximum atomic E-state index is 13.0. The molecule has 1 aromatic heterocycles. The number of hydrogen-bond acceptors (Lipinski definition) is 13. The van der Waals surface area contributed by atoms with Gasteiger partial charge in [0.15, 0.2) is 0 Å². The summed E-state index contributed by atoms with van der Waals surface area (Å²) in [4.78, 5) is 55.5. The van der Waals surface area contributed by atoms with Crippen LogP contribution in [-0.4, -0.2) is 88.5 Å². The highest BCUT2D eigenvalue weighted by atomic mass is 32.2. The largest absolute Gasteiger partial charge is 0.424 e. The molecule has 14 nitrogen and oxygen atoms in total. The van der Waals surface area contributed by atoms with E-state index in [2.05, 4.69) is 15.0 Å². The lowest BCUT2D eigenvalue weighted by Crippen LogP contribution is -2.40. The van der Waals surface area contributed by atoms with E-state index >= 15 is 0 Å². The first kappa shape index (κ1) is 28.5. The van der Waals surface area contributed by atoms with Gasteiger partial charge < -0.3 is 24.0 Å². The van der Waals surface area contributed by atoms with Crippen LogP contribution in [0.15, 0.2) is 53.4 Å². The van der Waals surface area contributed by atoms with E-state index < -0.39 is 16.1 Å². The number of amides is 2. The molecule has 0 bridgehead atoms. The number of morpholine rings is 2. The third kappa shape index (κ3) is 6.58. The molecule has 6 rings (SSSR count).